The summed E-state index contributed by atoms with van der Waals surface area (Å²) < 4.78 is 9.79. The van der Waals surface area contributed by atoms with Gasteiger partial charge in [0.2, 0.25) is 0 Å². The summed E-state index contributed by atoms with van der Waals surface area (Å²) in [6, 6.07) is 9.46. The summed E-state index contributed by atoms with van der Waals surface area (Å²) >= 11 is 7.39. The van der Waals surface area contributed by atoms with E-state index in [1.807, 2.05) is 6.07 Å². The summed E-state index contributed by atoms with van der Waals surface area (Å²) in [4.78, 5) is 37.8. The van der Waals surface area contributed by atoms with Crippen molar-refractivity contribution in [1.82, 2.24) is 10.4 Å². The van der Waals surface area contributed by atoms with E-state index in [4.69, 9.17) is 25.4 Å². The van der Waals surface area contributed by atoms with E-state index >= 15 is 0 Å². The molecule has 1 fully saturated rings. The number of hydrogen-bond acceptors (Lipinski definition) is 12. The molecule has 1 heterocycles. The van der Waals surface area contributed by atoms with Crippen LogP contribution in [0.4, 0.5) is 0 Å². The molecule has 2 amide bonds. The van der Waals surface area contributed by atoms with E-state index < -0.39 is 17.8 Å². The van der Waals surface area contributed by atoms with Gasteiger partial charge in [-0.15, -0.1) is 5.06 Å². The minimum atomic E-state index is -0.661. The zero-order chi connectivity index (χ0) is 37.0. The Morgan fingerprint density at radius 2 is 1.37 bits per heavy atom. The van der Waals surface area contributed by atoms with Gasteiger partial charge in [0.1, 0.15) is 0 Å². The number of nitrogens with zero attached hydrogens (tertiary/aromatic N) is 1. The molecular weight excluding hydrogens is 1020 g/mol. The fraction of sp³-hybridized carbons (Fsp3) is 0.531. The molecule has 13 nitrogen and oxygen atoms in total. The molecule has 49 heavy (non-hydrogen) atoms. The number of phenols is 4. The summed E-state index contributed by atoms with van der Waals surface area (Å²) in [5.74, 6) is -1.97. The van der Waals surface area contributed by atoms with Crippen LogP contribution in [0.15, 0.2) is 36.4 Å². The zero-order valence-electron chi connectivity index (χ0n) is 27.9. The fourth-order valence-electron chi connectivity index (χ4n) is 3.84. The quantitative estimate of drug-likeness (QED) is 0.0441. The molecule has 0 aromatic heterocycles. The second kappa shape index (κ2) is 30.5. The molecule has 0 unspecified atom stereocenters. The van der Waals surface area contributed by atoms with Gasteiger partial charge in [0.15, 0.2) is 23.0 Å². The van der Waals surface area contributed by atoms with Gasteiger partial charge in [0.05, 0.1) is 26.2 Å². The summed E-state index contributed by atoms with van der Waals surface area (Å²) in [5, 5.41) is 40.2. The van der Waals surface area contributed by atoms with Gasteiger partial charge in [0.25, 0.3) is 11.8 Å². The summed E-state index contributed by atoms with van der Waals surface area (Å²) in [5.41, 5.74) is 7.07. The molecule has 3 rings (SSSR count). The number of imide groups is 1. The van der Waals surface area contributed by atoms with Gasteiger partial charge in [-0.25, -0.2) is 4.79 Å². The molecule has 278 valence electrons. The van der Waals surface area contributed by atoms with Crippen LogP contribution >= 0.6 is 59.9 Å². The van der Waals surface area contributed by atoms with Gasteiger partial charge in [-0.3, -0.25) is 9.59 Å². The second-order valence-electron chi connectivity index (χ2n) is 10.4. The van der Waals surface area contributed by atoms with Crippen molar-refractivity contribution in [2.75, 3.05) is 33.5 Å². The number of hydrogen-bond donors (Lipinski definition) is 6. The Bertz CT molecular complexity index is 1210. The van der Waals surface area contributed by atoms with Crippen molar-refractivity contribution in [3.05, 3.63) is 47.5 Å². The van der Waals surface area contributed by atoms with E-state index in [1.54, 1.807) is 19.2 Å². The van der Waals surface area contributed by atoms with Crippen molar-refractivity contribution in [1.29, 1.82) is 0 Å². The number of ether oxygens (including phenoxy) is 2. The average molecular weight is 1070 g/mol. The van der Waals surface area contributed by atoms with Crippen molar-refractivity contribution < 1.29 is 54.0 Å². The Morgan fingerprint density at radius 1 is 0.837 bits per heavy atom. The predicted molar refractivity (Wildman–Crippen MR) is 209 cm³/mol. The number of hydroxylamine groups is 2. The van der Waals surface area contributed by atoms with Crippen molar-refractivity contribution >= 4 is 77.7 Å². The zero-order valence-corrected chi connectivity index (χ0v) is 35.8. The van der Waals surface area contributed by atoms with Gasteiger partial charge in [0, 0.05) is 33.0 Å². The van der Waals surface area contributed by atoms with Gasteiger partial charge in [-0.05, 0) is 48.4 Å². The Morgan fingerprint density at radius 3 is 1.90 bits per heavy atom. The Labute approximate surface area is 326 Å². The molecule has 17 heteroatoms. The van der Waals surface area contributed by atoms with Crippen LogP contribution in [0.1, 0.15) is 75.8 Å². The van der Waals surface area contributed by atoms with Crippen LogP contribution < -0.4 is 11.1 Å². The third-order valence-corrected chi connectivity index (χ3v) is 6.43. The molecule has 0 radical (unpaired) electrons. The van der Waals surface area contributed by atoms with E-state index in [0.717, 1.165) is 24.2 Å². The van der Waals surface area contributed by atoms with Crippen LogP contribution in [0.5, 0.6) is 23.0 Å². The van der Waals surface area contributed by atoms with Crippen molar-refractivity contribution in [2.24, 2.45) is 5.73 Å². The third-order valence-electron chi connectivity index (χ3n) is 6.43. The first-order valence-electron chi connectivity index (χ1n) is 15.7. The molecule has 1 aliphatic heterocycles. The van der Waals surface area contributed by atoms with E-state index in [9.17, 15) is 24.6 Å². The number of nitrogens with one attached hydrogen (secondary N) is 1. The molecule has 2 aromatic rings. The number of aromatic hydroxyl groups is 4. The summed E-state index contributed by atoms with van der Waals surface area (Å²) in [7, 11) is 1.54. The van der Waals surface area contributed by atoms with Crippen LogP contribution in [-0.2, 0) is 46.7 Å². The first-order valence-corrected chi connectivity index (χ1v) is 29.2. The Hall–Kier alpha value is -1.14. The van der Waals surface area contributed by atoms with E-state index in [1.165, 1.54) is 56.7 Å². The number of benzene rings is 2. The third kappa shape index (κ3) is 25.5. The van der Waals surface area contributed by atoms with E-state index in [2.05, 4.69) is 77.0 Å². The molecule has 0 atom stereocenters. The monoisotopic (exact) mass is 1070 g/mol. The molecule has 0 saturated carbocycles. The van der Waals surface area contributed by atoms with Crippen molar-refractivity contribution in [3.63, 3.8) is 0 Å². The van der Waals surface area contributed by atoms with Gasteiger partial charge in [-0.2, -0.15) is 0 Å². The van der Waals surface area contributed by atoms with Gasteiger partial charge < -0.3 is 45.8 Å². The molecule has 1 aliphatic rings. The standard InChI is InChI=1S/C15H25NO2.C10H15NO6.C7H9NO2.3HI.V/c1-2-3-4-5-6-7-10-16-12-13-8-9-14(17)15(18)11-13;1-15-6-7-16-5-4-10(14)17-11-8(12)2-3-9(11)13;8-4-5-1-2-6(9)7(10)3-5;;;;/h8-9,11,16-18H,2-7,10,12H2,1H3;2-7H2,1H3;1-3,9-10H,4,8H2;3*1H;/q;;;;;;+3/p-3. The maximum atomic E-state index is 11.2. The maximum absolute atomic E-state index is 11.2. The number of amides is 2. The number of methoxy groups -OCH3 is 1. The SMILES string of the molecule is CCCCCCCCNCc1ccc(O)c(O)c1.COCCOCCC(=O)ON1C(=O)CCC1=O.NCc1ccc(O)c(O)c1.[I][V]([I])[I]. The van der Waals surface area contributed by atoms with E-state index in [0.29, 0.717) is 24.8 Å². The fourth-order valence-corrected chi connectivity index (χ4v) is 3.84. The summed E-state index contributed by atoms with van der Waals surface area (Å²) in [6.45, 7) is 5.33. The number of rotatable bonds is 17. The van der Waals surface area contributed by atoms with Gasteiger partial charge in [-0.1, -0.05) is 51.2 Å². The Kier molecular flexibility index (Phi) is 29.8. The first-order chi connectivity index (χ1) is 23.4. The number of carbonyl (C=O) groups excluding carboxylic acids is 3. The van der Waals surface area contributed by atoms with Crippen LogP contribution in [0.25, 0.3) is 0 Å². The molecule has 0 spiro atoms. The van der Waals surface area contributed by atoms with Gasteiger partial charge >= 0.3 is 70.8 Å². The predicted octanol–water partition coefficient (Wildman–Crippen LogP) is 6.41. The summed E-state index contributed by atoms with van der Waals surface area (Å²) in [6.07, 6.45) is 7.98. The first kappa shape index (κ1) is 47.9. The molecular formula is C32H49I3N3O10V. The molecule has 7 N–H and O–H groups in total. The topological polar surface area (TPSA) is 201 Å². The van der Waals surface area contributed by atoms with Crippen molar-refractivity contribution in [3.8, 4) is 23.0 Å². The Balaban J connectivity index is 0.000000689. The normalized spacial score (nSPS) is 12.0. The number of phenolic OH excluding ortho intramolecular Hbond substituents is 4. The van der Waals surface area contributed by atoms with Crippen LogP contribution in [-0.4, -0.2) is 76.7 Å². The second-order valence-corrected chi connectivity index (χ2v) is 45.8. The van der Waals surface area contributed by atoms with Crippen LogP contribution in [0.3, 0.4) is 0 Å². The number of carbonyl (C=O) groups is 3. The molecule has 0 aliphatic carbocycles. The molecule has 2 aromatic carbocycles. The molecule has 0 bridgehead atoms. The van der Waals surface area contributed by atoms with Crippen LogP contribution in [0, 0.1) is 0 Å². The number of unbranched alkanes of at least 4 members (excludes halogenated alkanes) is 5. The van der Waals surface area contributed by atoms with E-state index in [-0.39, 0.29) is 53.8 Å². The average Bonchev–Trinajstić information content (AvgIpc) is 3.37. The van der Waals surface area contributed by atoms with Crippen LogP contribution in [0.2, 0.25) is 0 Å². The number of halogens is 3. The van der Waals surface area contributed by atoms with Crippen molar-refractivity contribution in [2.45, 2.75) is 77.8 Å². The minimum absolute atomic E-state index is 0.0131. The molecule has 1 saturated heterocycles. The number of nitrogens with two attached hydrogens (primary N) is 1.